The van der Waals surface area contributed by atoms with E-state index in [0.717, 1.165) is 17.7 Å². The maximum absolute atomic E-state index is 12.3. The van der Waals surface area contributed by atoms with E-state index in [2.05, 4.69) is 18.0 Å². The quantitative estimate of drug-likeness (QED) is 0.757. The summed E-state index contributed by atoms with van der Waals surface area (Å²) < 4.78 is 5.90. The maximum Gasteiger partial charge on any atom is 0.202 e. The van der Waals surface area contributed by atoms with Gasteiger partial charge < -0.3 is 4.74 Å². The van der Waals surface area contributed by atoms with Crippen LogP contribution >= 0.6 is 0 Å². The van der Waals surface area contributed by atoms with Crippen LogP contribution in [0, 0.1) is 5.92 Å². The van der Waals surface area contributed by atoms with E-state index in [4.69, 9.17) is 4.74 Å². The molecule has 0 fully saturated rings. The summed E-state index contributed by atoms with van der Waals surface area (Å²) in [5.74, 6) is 0.752. The number of ketones is 1. The van der Waals surface area contributed by atoms with Crippen molar-refractivity contribution >= 4 is 12.0 Å². The second kappa shape index (κ2) is 4.41. The normalized spacial score (nSPS) is 25.1. The minimum absolute atomic E-state index is 0.188. The molecule has 0 radical (unpaired) electrons. The predicted molar refractivity (Wildman–Crippen MR) is 70.1 cm³/mol. The molecule has 3 nitrogen and oxygen atoms in total. The summed E-state index contributed by atoms with van der Waals surface area (Å²) in [5.41, 5.74) is 2.22. The molecule has 2 unspecified atom stereocenters. The van der Waals surface area contributed by atoms with Gasteiger partial charge in [-0.25, -0.2) is 4.99 Å². The van der Waals surface area contributed by atoms with Crippen LogP contribution in [0.15, 0.2) is 35.3 Å². The van der Waals surface area contributed by atoms with Crippen LogP contribution in [0.25, 0.3) is 0 Å². The number of dihydropyridines is 1. The van der Waals surface area contributed by atoms with Gasteiger partial charge in [-0.2, -0.15) is 0 Å². The molecule has 0 saturated heterocycles. The number of fused-ring (bicyclic) bond motifs is 2. The molecule has 92 valence electrons. The van der Waals surface area contributed by atoms with Crippen LogP contribution in [-0.2, 0) is 17.6 Å². The fraction of sp³-hybridized carbons (Fsp3) is 0.333. The fourth-order valence-electron chi connectivity index (χ4n) is 2.54. The highest BCUT2D eigenvalue weighted by Gasteiger charge is 2.33. The highest BCUT2D eigenvalue weighted by Crippen LogP contribution is 2.32. The number of carbonyl (C=O) groups excluding carboxylic acids is 1. The largest absolute Gasteiger partial charge is 0.467 e. The van der Waals surface area contributed by atoms with E-state index in [0.29, 0.717) is 6.42 Å². The third-order valence-electron chi connectivity index (χ3n) is 3.53. The number of Topliss-reactive ketones (excluding diaryl/α,β-unsaturated/α-hetero) is 1. The number of allylic oxidation sites excluding steroid dienone is 1. The average molecular weight is 241 g/mol. The molecule has 0 aromatic heterocycles. The highest BCUT2D eigenvalue weighted by atomic mass is 16.5. The number of ether oxygens (including phenoxy) is 1. The van der Waals surface area contributed by atoms with Gasteiger partial charge in [0.15, 0.2) is 0 Å². The van der Waals surface area contributed by atoms with Crippen molar-refractivity contribution in [3.05, 3.63) is 41.5 Å². The van der Waals surface area contributed by atoms with Crippen molar-refractivity contribution in [2.75, 3.05) is 0 Å². The predicted octanol–water partition coefficient (Wildman–Crippen LogP) is 2.34. The van der Waals surface area contributed by atoms with E-state index in [1.807, 2.05) is 24.3 Å². The van der Waals surface area contributed by atoms with Gasteiger partial charge in [-0.1, -0.05) is 25.1 Å². The van der Waals surface area contributed by atoms with E-state index in [-0.39, 0.29) is 11.7 Å². The molecule has 3 heteroatoms. The number of rotatable bonds is 1. The Morgan fingerprint density at radius 1 is 1.44 bits per heavy atom. The standard InChI is InChI=1S/C15H15NO2/c1-2-10-5-3-7-14-12(10)9-13(17)11-6-4-8-16-15(11)18-14/h3-8,11,15H,2,9H2,1H3. The van der Waals surface area contributed by atoms with E-state index in [1.54, 1.807) is 6.21 Å². The molecule has 3 rings (SSSR count). The van der Waals surface area contributed by atoms with E-state index < -0.39 is 6.23 Å². The Morgan fingerprint density at radius 3 is 3.17 bits per heavy atom. The number of hydrogen-bond donors (Lipinski definition) is 0. The summed E-state index contributed by atoms with van der Waals surface area (Å²) in [4.78, 5) is 16.5. The Hall–Kier alpha value is -1.90. The Balaban J connectivity index is 2.06. The molecule has 2 heterocycles. The van der Waals surface area contributed by atoms with Crippen LogP contribution in [0.3, 0.4) is 0 Å². The first-order valence-corrected chi connectivity index (χ1v) is 6.29. The molecule has 0 saturated carbocycles. The van der Waals surface area contributed by atoms with Crippen molar-refractivity contribution in [1.82, 2.24) is 0 Å². The molecular weight excluding hydrogens is 226 g/mol. The summed E-state index contributed by atoms with van der Waals surface area (Å²) in [6, 6.07) is 5.96. The van der Waals surface area contributed by atoms with Crippen LogP contribution in [0.2, 0.25) is 0 Å². The van der Waals surface area contributed by atoms with Crippen molar-refractivity contribution in [2.45, 2.75) is 26.0 Å². The first-order valence-electron chi connectivity index (χ1n) is 6.29. The number of benzene rings is 1. The van der Waals surface area contributed by atoms with Gasteiger partial charge in [0.1, 0.15) is 11.5 Å². The molecule has 0 N–H and O–H groups in total. The Labute approximate surface area is 106 Å². The number of carbonyl (C=O) groups is 1. The zero-order valence-corrected chi connectivity index (χ0v) is 10.3. The summed E-state index contributed by atoms with van der Waals surface area (Å²) in [5, 5.41) is 0. The monoisotopic (exact) mass is 241 g/mol. The lowest BCUT2D eigenvalue weighted by atomic mass is 9.93. The SMILES string of the molecule is CCc1cccc2c1CC(=O)C1C=CC=NC1O2. The van der Waals surface area contributed by atoms with E-state index >= 15 is 0 Å². The van der Waals surface area contributed by atoms with Gasteiger partial charge in [0.25, 0.3) is 0 Å². The summed E-state index contributed by atoms with van der Waals surface area (Å²) in [6.45, 7) is 2.09. The topological polar surface area (TPSA) is 38.7 Å². The second-order valence-electron chi connectivity index (χ2n) is 4.61. The number of aryl methyl sites for hydroxylation is 1. The second-order valence-corrected chi connectivity index (χ2v) is 4.61. The maximum atomic E-state index is 12.3. The smallest absolute Gasteiger partial charge is 0.202 e. The molecule has 0 bridgehead atoms. The molecule has 0 aliphatic carbocycles. The van der Waals surface area contributed by atoms with Crippen molar-refractivity contribution < 1.29 is 9.53 Å². The lowest BCUT2D eigenvalue weighted by Gasteiger charge is -2.20. The number of hydrogen-bond acceptors (Lipinski definition) is 3. The van der Waals surface area contributed by atoms with Crippen LogP contribution in [0.1, 0.15) is 18.1 Å². The van der Waals surface area contributed by atoms with Crippen molar-refractivity contribution in [2.24, 2.45) is 10.9 Å². The third kappa shape index (κ3) is 1.76. The van der Waals surface area contributed by atoms with Gasteiger partial charge in [0.05, 0.1) is 5.92 Å². The minimum Gasteiger partial charge on any atom is -0.467 e. The molecule has 0 spiro atoms. The number of nitrogens with zero attached hydrogens (tertiary/aromatic N) is 1. The summed E-state index contributed by atoms with van der Waals surface area (Å²) in [6.07, 6.45) is 6.37. The molecule has 1 aromatic rings. The molecule has 2 atom stereocenters. The summed E-state index contributed by atoms with van der Waals surface area (Å²) >= 11 is 0. The van der Waals surface area contributed by atoms with Gasteiger partial charge in [-0.3, -0.25) is 4.79 Å². The van der Waals surface area contributed by atoms with Gasteiger partial charge >= 0.3 is 0 Å². The van der Waals surface area contributed by atoms with Gasteiger partial charge in [-0.05, 0) is 24.1 Å². The minimum atomic E-state index is -0.393. The van der Waals surface area contributed by atoms with Crippen LogP contribution in [0.4, 0.5) is 0 Å². The van der Waals surface area contributed by atoms with Gasteiger partial charge in [-0.15, -0.1) is 0 Å². The molecular formula is C15H15NO2. The highest BCUT2D eigenvalue weighted by molar-refractivity contribution is 5.89. The van der Waals surface area contributed by atoms with Crippen molar-refractivity contribution in [3.63, 3.8) is 0 Å². The van der Waals surface area contributed by atoms with Gasteiger partial charge in [0.2, 0.25) is 6.23 Å². The first kappa shape index (κ1) is 11.2. The van der Waals surface area contributed by atoms with Crippen molar-refractivity contribution in [3.8, 4) is 5.75 Å². The Morgan fingerprint density at radius 2 is 2.33 bits per heavy atom. The van der Waals surface area contributed by atoms with Crippen molar-refractivity contribution in [1.29, 1.82) is 0 Å². The fourth-order valence-corrected chi connectivity index (χ4v) is 2.54. The molecule has 0 amide bonds. The van der Waals surface area contributed by atoms with Crippen LogP contribution < -0.4 is 4.74 Å². The molecule has 1 aromatic carbocycles. The first-order chi connectivity index (χ1) is 8.79. The van der Waals surface area contributed by atoms with Gasteiger partial charge in [0, 0.05) is 18.2 Å². The van der Waals surface area contributed by atoms with Crippen LogP contribution in [-0.4, -0.2) is 18.2 Å². The summed E-state index contributed by atoms with van der Waals surface area (Å²) in [7, 11) is 0. The average Bonchev–Trinajstić information content (AvgIpc) is 2.54. The third-order valence-corrected chi connectivity index (χ3v) is 3.53. The Kier molecular flexibility index (Phi) is 2.74. The molecule has 2 aliphatic heterocycles. The number of aliphatic imine (C=N–C) groups is 1. The lowest BCUT2D eigenvalue weighted by molar-refractivity contribution is -0.122. The Bertz CT molecular complexity index is 545. The molecule has 18 heavy (non-hydrogen) atoms. The zero-order valence-electron chi connectivity index (χ0n) is 10.3. The lowest BCUT2D eigenvalue weighted by Crippen LogP contribution is -2.30. The van der Waals surface area contributed by atoms with E-state index in [9.17, 15) is 4.79 Å². The van der Waals surface area contributed by atoms with E-state index in [1.165, 1.54) is 5.56 Å². The van der Waals surface area contributed by atoms with Crippen LogP contribution in [0.5, 0.6) is 5.75 Å². The zero-order chi connectivity index (χ0) is 12.5. The molecule has 2 aliphatic rings.